The number of halogens is 5. The summed E-state index contributed by atoms with van der Waals surface area (Å²) in [5.41, 5.74) is 5.11. The third kappa shape index (κ3) is 5.17. The van der Waals surface area contributed by atoms with Crippen molar-refractivity contribution in [1.82, 2.24) is 0 Å². The predicted molar refractivity (Wildman–Crippen MR) is 90.6 cm³/mol. The Hall–Kier alpha value is -2.12. The fourth-order valence-electron chi connectivity index (χ4n) is 1.87. The summed E-state index contributed by atoms with van der Waals surface area (Å²) in [5.74, 6) is -0.419. The molecule has 0 bridgehead atoms. The van der Waals surface area contributed by atoms with Crippen molar-refractivity contribution in [1.29, 1.82) is 0 Å². The molecule has 0 saturated heterocycles. The number of ether oxygens (including phenoxy) is 2. The monoisotopic (exact) mass is 395 g/mol. The molecule has 9 heteroatoms. The maximum absolute atomic E-state index is 12.6. The molecule has 0 aliphatic heterocycles. The molecule has 2 rings (SSSR count). The first-order chi connectivity index (χ1) is 11.2. The van der Waals surface area contributed by atoms with E-state index in [1.54, 1.807) is 6.92 Å². The number of esters is 1. The van der Waals surface area contributed by atoms with Gasteiger partial charge in [-0.05, 0) is 43.3 Å². The number of carbonyl (C=O) groups excluding carboxylic acids is 1. The standard InChI is InChI=1S/C16H13ClF3NO3.ClH/c1-2-23-15(22)11-8-10(4-5-13(11)21)24-14-6-3-9(7-12(14)17)16(18,19)20;/h3-8H,2,21H2,1H3;1H. The van der Waals surface area contributed by atoms with E-state index >= 15 is 0 Å². The van der Waals surface area contributed by atoms with E-state index < -0.39 is 17.7 Å². The Labute approximate surface area is 153 Å². The summed E-state index contributed by atoms with van der Waals surface area (Å²) in [4.78, 5) is 11.8. The molecule has 0 amide bonds. The molecule has 0 saturated carbocycles. The van der Waals surface area contributed by atoms with Crippen LogP contribution < -0.4 is 10.5 Å². The predicted octanol–water partition coefficient (Wildman–Crippen LogP) is 5.33. The number of nitrogen functional groups attached to an aromatic ring is 1. The molecular weight excluding hydrogens is 382 g/mol. The van der Waals surface area contributed by atoms with Crippen molar-refractivity contribution in [2.45, 2.75) is 13.1 Å². The number of hydrogen-bond acceptors (Lipinski definition) is 4. The van der Waals surface area contributed by atoms with Gasteiger partial charge in [-0.3, -0.25) is 0 Å². The normalized spacial score (nSPS) is 10.8. The minimum Gasteiger partial charge on any atom is -0.462 e. The highest BCUT2D eigenvalue weighted by molar-refractivity contribution is 6.32. The summed E-state index contributed by atoms with van der Waals surface area (Å²) in [6.07, 6.45) is -4.50. The number of alkyl halides is 3. The zero-order valence-electron chi connectivity index (χ0n) is 12.9. The Morgan fingerprint density at radius 2 is 1.88 bits per heavy atom. The van der Waals surface area contributed by atoms with Gasteiger partial charge in [-0.15, -0.1) is 12.4 Å². The molecule has 0 fully saturated rings. The second-order valence-corrected chi connectivity index (χ2v) is 5.12. The lowest BCUT2D eigenvalue weighted by Crippen LogP contribution is -2.08. The molecule has 0 aliphatic rings. The van der Waals surface area contributed by atoms with Gasteiger partial charge < -0.3 is 15.2 Å². The second kappa shape index (κ2) is 8.31. The van der Waals surface area contributed by atoms with Gasteiger partial charge in [-0.1, -0.05) is 11.6 Å². The Bertz CT molecular complexity index is 767. The van der Waals surface area contributed by atoms with Crippen LogP contribution in [0.25, 0.3) is 0 Å². The van der Waals surface area contributed by atoms with Crippen LogP contribution in [0.5, 0.6) is 11.5 Å². The van der Waals surface area contributed by atoms with Gasteiger partial charge in [-0.2, -0.15) is 13.2 Å². The number of nitrogens with two attached hydrogens (primary N) is 1. The summed E-state index contributed by atoms with van der Waals surface area (Å²) < 4.78 is 48.2. The zero-order chi connectivity index (χ0) is 17.9. The highest BCUT2D eigenvalue weighted by atomic mass is 35.5. The molecule has 0 aromatic heterocycles. The van der Waals surface area contributed by atoms with Gasteiger partial charge in [0.1, 0.15) is 11.5 Å². The van der Waals surface area contributed by atoms with Crippen LogP contribution in [0, 0.1) is 0 Å². The Morgan fingerprint density at radius 1 is 1.20 bits per heavy atom. The van der Waals surface area contributed by atoms with Crippen molar-refractivity contribution in [3.63, 3.8) is 0 Å². The van der Waals surface area contributed by atoms with Gasteiger partial charge in [0.15, 0.2) is 0 Å². The van der Waals surface area contributed by atoms with Gasteiger partial charge in [0, 0.05) is 5.69 Å². The van der Waals surface area contributed by atoms with Crippen molar-refractivity contribution >= 4 is 35.7 Å². The molecule has 2 aromatic rings. The van der Waals surface area contributed by atoms with Crippen molar-refractivity contribution < 1.29 is 27.4 Å². The van der Waals surface area contributed by atoms with Gasteiger partial charge in [-0.25, -0.2) is 4.79 Å². The second-order valence-electron chi connectivity index (χ2n) is 4.71. The average Bonchev–Trinajstić information content (AvgIpc) is 2.50. The fourth-order valence-corrected chi connectivity index (χ4v) is 2.09. The molecule has 0 atom stereocenters. The molecular formula is C16H14Cl2F3NO3. The van der Waals surface area contributed by atoms with Crippen molar-refractivity contribution in [3.05, 3.63) is 52.5 Å². The van der Waals surface area contributed by atoms with Crippen molar-refractivity contribution in [2.75, 3.05) is 12.3 Å². The maximum atomic E-state index is 12.6. The molecule has 0 unspecified atom stereocenters. The van der Waals surface area contributed by atoms with E-state index in [0.29, 0.717) is 0 Å². The van der Waals surface area contributed by atoms with Gasteiger partial charge in [0.25, 0.3) is 0 Å². The highest BCUT2D eigenvalue weighted by Gasteiger charge is 2.31. The SMILES string of the molecule is CCOC(=O)c1cc(Oc2ccc(C(F)(F)F)cc2Cl)ccc1N.Cl. The third-order valence-electron chi connectivity index (χ3n) is 3.01. The number of benzene rings is 2. The van der Waals surface area contributed by atoms with Gasteiger partial charge in [0.05, 0.1) is 22.8 Å². The molecule has 0 heterocycles. The minimum absolute atomic E-state index is 0. The van der Waals surface area contributed by atoms with Crippen LogP contribution in [0.3, 0.4) is 0 Å². The van der Waals surface area contributed by atoms with Crippen LogP contribution in [0.2, 0.25) is 5.02 Å². The first-order valence-electron chi connectivity index (χ1n) is 6.83. The van der Waals surface area contributed by atoms with E-state index in [1.165, 1.54) is 18.2 Å². The number of anilines is 1. The van der Waals surface area contributed by atoms with Crippen molar-refractivity contribution in [2.24, 2.45) is 0 Å². The molecule has 25 heavy (non-hydrogen) atoms. The summed E-state index contributed by atoms with van der Waals surface area (Å²) in [5, 5.41) is -0.209. The van der Waals surface area contributed by atoms with E-state index in [4.69, 9.17) is 26.8 Å². The average molecular weight is 396 g/mol. The van der Waals surface area contributed by atoms with Gasteiger partial charge >= 0.3 is 12.1 Å². The Kier molecular flexibility index (Phi) is 6.96. The maximum Gasteiger partial charge on any atom is 0.416 e. The highest BCUT2D eigenvalue weighted by Crippen LogP contribution is 2.36. The summed E-state index contributed by atoms with van der Waals surface area (Å²) in [7, 11) is 0. The molecule has 2 aromatic carbocycles. The quantitative estimate of drug-likeness (QED) is 0.561. The van der Waals surface area contributed by atoms with E-state index in [1.807, 2.05) is 0 Å². The smallest absolute Gasteiger partial charge is 0.416 e. The fraction of sp³-hybridized carbons (Fsp3) is 0.188. The largest absolute Gasteiger partial charge is 0.462 e. The number of rotatable bonds is 4. The van der Waals surface area contributed by atoms with Crippen LogP contribution >= 0.6 is 24.0 Å². The lowest BCUT2D eigenvalue weighted by Gasteiger charge is -2.12. The first kappa shape index (κ1) is 20.9. The molecule has 0 radical (unpaired) electrons. The Morgan fingerprint density at radius 3 is 2.44 bits per heavy atom. The van der Waals surface area contributed by atoms with Crippen LogP contribution in [0.4, 0.5) is 18.9 Å². The zero-order valence-corrected chi connectivity index (χ0v) is 14.5. The number of carbonyl (C=O) groups is 1. The lowest BCUT2D eigenvalue weighted by atomic mass is 10.1. The number of hydrogen-bond donors (Lipinski definition) is 1. The molecule has 0 aliphatic carbocycles. The minimum atomic E-state index is -4.50. The van der Waals surface area contributed by atoms with Crippen LogP contribution in [-0.4, -0.2) is 12.6 Å². The molecule has 2 N–H and O–H groups in total. The molecule has 136 valence electrons. The van der Waals surface area contributed by atoms with E-state index in [-0.39, 0.29) is 46.8 Å². The first-order valence-corrected chi connectivity index (χ1v) is 7.21. The topological polar surface area (TPSA) is 61.5 Å². The summed E-state index contributed by atoms with van der Waals surface area (Å²) in [6.45, 7) is 1.82. The van der Waals surface area contributed by atoms with E-state index in [2.05, 4.69) is 0 Å². The van der Waals surface area contributed by atoms with Crippen LogP contribution in [0.15, 0.2) is 36.4 Å². The van der Waals surface area contributed by atoms with E-state index in [0.717, 1.165) is 18.2 Å². The summed E-state index contributed by atoms with van der Waals surface area (Å²) >= 11 is 5.83. The van der Waals surface area contributed by atoms with Crippen LogP contribution in [0.1, 0.15) is 22.8 Å². The van der Waals surface area contributed by atoms with Crippen LogP contribution in [-0.2, 0) is 10.9 Å². The molecule has 4 nitrogen and oxygen atoms in total. The van der Waals surface area contributed by atoms with E-state index in [9.17, 15) is 18.0 Å². The molecule has 0 spiro atoms. The third-order valence-corrected chi connectivity index (χ3v) is 3.30. The van der Waals surface area contributed by atoms with Crippen molar-refractivity contribution in [3.8, 4) is 11.5 Å². The summed E-state index contributed by atoms with van der Waals surface area (Å²) in [6, 6.07) is 6.95. The lowest BCUT2D eigenvalue weighted by molar-refractivity contribution is -0.137. The Balaban J connectivity index is 0.00000312. The van der Waals surface area contributed by atoms with Gasteiger partial charge in [0.2, 0.25) is 0 Å².